The lowest BCUT2D eigenvalue weighted by atomic mass is 9.73. The second-order valence-corrected chi connectivity index (χ2v) is 9.26. The van der Waals surface area contributed by atoms with Gasteiger partial charge in [0.1, 0.15) is 0 Å². The van der Waals surface area contributed by atoms with Gasteiger partial charge in [-0.25, -0.2) is 4.79 Å². The quantitative estimate of drug-likeness (QED) is 0.645. The van der Waals surface area contributed by atoms with Crippen molar-refractivity contribution in [3.63, 3.8) is 0 Å². The molecule has 9 heteroatoms. The molecule has 0 aromatic heterocycles. The Labute approximate surface area is 203 Å². The van der Waals surface area contributed by atoms with Gasteiger partial charge in [-0.2, -0.15) is 18.4 Å². The summed E-state index contributed by atoms with van der Waals surface area (Å²) in [6.45, 7) is 5.53. The van der Waals surface area contributed by atoms with E-state index in [-0.39, 0.29) is 22.9 Å². The summed E-state index contributed by atoms with van der Waals surface area (Å²) in [4.78, 5) is 16.7. The molecule has 0 spiro atoms. The van der Waals surface area contributed by atoms with E-state index in [0.717, 1.165) is 11.6 Å². The minimum absolute atomic E-state index is 0.0512. The van der Waals surface area contributed by atoms with Gasteiger partial charge in [-0.15, -0.1) is 0 Å². The van der Waals surface area contributed by atoms with Crippen LogP contribution in [0.2, 0.25) is 0 Å². The van der Waals surface area contributed by atoms with Gasteiger partial charge in [-0.1, -0.05) is 30.3 Å². The third-order valence-corrected chi connectivity index (χ3v) is 7.09. The number of carbonyl (C=O) groups is 1. The topological polar surface area (TPSA) is 68.6 Å². The number of anilines is 1. The van der Waals surface area contributed by atoms with Crippen molar-refractivity contribution < 1.29 is 22.7 Å². The fraction of sp³-hybridized carbons (Fsp3) is 0.462. The monoisotopic (exact) mass is 486 g/mol. The molecule has 2 aliphatic heterocycles. The summed E-state index contributed by atoms with van der Waals surface area (Å²) in [5, 5.41) is 12.1. The second kappa shape index (κ2) is 10.2. The Morgan fingerprint density at radius 3 is 2.69 bits per heavy atom. The average Bonchev–Trinajstić information content (AvgIpc) is 3.25. The van der Waals surface area contributed by atoms with Crippen LogP contribution in [0.25, 0.3) is 0 Å². The zero-order valence-electron chi connectivity index (χ0n) is 19.6. The molecule has 2 aliphatic rings. The van der Waals surface area contributed by atoms with Crippen molar-refractivity contribution in [1.82, 2.24) is 10.2 Å². The summed E-state index contributed by atoms with van der Waals surface area (Å²) < 4.78 is 46.3. The number of hydrogen-bond donors (Lipinski definition) is 1. The van der Waals surface area contributed by atoms with Crippen LogP contribution in [0.5, 0.6) is 0 Å². The zero-order chi connectivity index (χ0) is 25.1. The molecule has 2 atom stereocenters. The number of nitriles is 1. The van der Waals surface area contributed by atoms with E-state index in [9.17, 15) is 18.0 Å². The molecule has 2 aromatic rings. The van der Waals surface area contributed by atoms with Crippen molar-refractivity contribution in [3.8, 4) is 6.07 Å². The smallest absolute Gasteiger partial charge is 0.381 e. The molecule has 0 unspecified atom stereocenters. The van der Waals surface area contributed by atoms with Crippen LogP contribution in [-0.2, 0) is 17.5 Å². The first kappa shape index (κ1) is 24.9. The van der Waals surface area contributed by atoms with Crippen molar-refractivity contribution in [1.29, 1.82) is 5.26 Å². The Kier molecular flexibility index (Phi) is 7.22. The van der Waals surface area contributed by atoms with E-state index in [4.69, 9.17) is 10.00 Å². The average molecular weight is 487 g/mol. The first-order valence-electron chi connectivity index (χ1n) is 11.8. The number of amides is 2. The lowest BCUT2D eigenvalue weighted by Crippen LogP contribution is -2.49. The number of ether oxygens (including phenoxy) is 1. The van der Waals surface area contributed by atoms with Gasteiger partial charge in [0.05, 0.1) is 23.8 Å². The van der Waals surface area contributed by atoms with Crippen molar-refractivity contribution in [2.75, 3.05) is 44.3 Å². The zero-order valence-corrected chi connectivity index (χ0v) is 19.6. The number of fused-ring (bicyclic) bond motifs is 1. The van der Waals surface area contributed by atoms with Gasteiger partial charge in [0.2, 0.25) is 0 Å². The molecular weight excluding hydrogens is 457 g/mol. The Morgan fingerprint density at radius 2 is 2.00 bits per heavy atom. The van der Waals surface area contributed by atoms with Gasteiger partial charge in [-0.05, 0) is 37.1 Å². The highest BCUT2D eigenvalue weighted by atomic mass is 19.4. The largest absolute Gasteiger partial charge is 0.417 e. The predicted molar refractivity (Wildman–Crippen MR) is 126 cm³/mol. The number of benzene rings is 2. The lowest BCUT2D eigenvalue weighted by molar-refractivity contribution is -0.137. The number of carbonyl (C=O) groups excluding carboxylic acids is 1. The number of likely N-dealkylation sites (tertiary alicyclic amines) is 1. The molecule has 0 radical (unpaired) electrons. The molecule has 2 heterocycles. The van der Waals surface area contributed by atoms with Crippen molar-refractivity contribution in [2.45, 2.75) is 26.1 Å². The van der Waals surface area contributed by atoms with Gasteiger partial charge < -0.3 is 19.9 Å². The molecule has 0 aliphatic carbocycles. The molecule has 2 saturated heterocycles. The molecule has 186 valence electrons. The minimum Gasteiger partial charge on any atom is -0.381 e. The van der Waals surface area contributed by atoms with Gasteiger partial charge in [0.25, 0.3) is 0 Å². The number of urea groups is 1. The fourth-order valence-electron chi connectivity index (χ4n) is 5.16. The van der Waals surface area contributed by atoms with Gasteiger partial charge in [-0.3, -0.25) is 0 Å². The molecule has 6 nitrogen and oxygen atoms in total. The van der Waals surface area contributed by atoms with Crippen molar-refractivity contribution in [2.24, 2.45) is 11.3 Å². The van der Waals surface area contributed by atoms with Crippen LogP contribution in [0.15, 0.2) is 48.5 Å². The summed E-state index contributed by atoms with van der Waals surface area (Å²) in [5.74, 6) is 0.0512. The summed E-state index contributed by atoms with van der Waals surface area (Å²) in [7, 11) is 0. The number of nitrogens with one attached hydrogen (secondary N) is 1. The molecule has 2 aromatic carbocycles. The predicted octanol–water partition coefficient (Wildman–Crippen LogP) is 4.65. The van der Waals surface area contributed by atoms with E-state index < -0.39 is 11.7 Å². The Morgan fingerprint density at radius 1 is 1.23 bits per heavy atom. The normalized spacial score (nSPS) is 22.0. The molecular formula is C26H29F3N4O2. The van der Waals surface area contributed by atoms with E-state index in [2.05, 4.69) is 5.32 Å². The maximum absolute atomic E-state index is 13.5. The van der Waals surface area contributed by atoms with Crippen LogP contribution < -0.4 is 10.2 Å². The number of nitrogens with zero attached hydrogens (tertiary/aromatic N) is 3. The molecule has 4 rings (SSSR count). The summed E-state index contributed by atoms with van der Waals surface area (Å²) >= 11 is 0. The first-order valence-corrected chi connectivity index (χ1v) is 11.8. The molecule has 0 bridgehead atoms. The van der Waals surface area contributed by atoms with Crippen molar-refractivity contribution in [3.05, 3.63) is 65.2 Å². The molecule has 0 saturated carbocycles. The van der Waals surface area contributed by atoms with Crippen LogP contribution in [0.4, 0.5) is 23.7 Å². The van der Waals surface area contributed by atoms with Gasteiger partial charge in [0, 0.05) is 56.4 Å². The first-order chi connectivity index (χ1) is 16.8. The SMILES string of the molecule is CCOC[C@@]12CCN(c3ccc(C#N)c(C(F)(F)F)c3)C[C@@H]1CN(C(=O)NCc1ccccc1)C2. The van der Waals surface area contributed by atoms with Crippen LogP contribution in [0.1, 0.15) is 30.0 Å². The van der Waals surface area contributed by atoms with E-state index >= 15 is 0 Å². The van der Waals surface area contributed by atoms with E-state index in [1.165, 1.54) is 6.07 Å². The second-order valence-electron chi connectivity index (χ2n) is 9.26. The number of alkyl halides is 3. The fourth-order valence-corrected chi connectivity index (χ4v) is 5.16. The molecule has 2 fully saturated rings. The van der Waals surface area contributed by atoms with Crippen LogP contribution in [-0.4, -0.2) is 50.3 Å². The van der Waals surface area contributed by atoms with Crippen LogP contribution in [0, 0.1) is 22.7 Å². The number of hydrogen-bond acceptors (Lipinski definition) is 4. The van der Waals surface area contributed by atoms with E-state index in [1.54, 1.807) is 17.0 Å². The highest BCUT2D eigenvalue weighted by Gasteiger charge is 2.51. The van der Waals surface area contributed by atoms with Crippen molar-refractivity contribution >= 4 is 11.7 Å². The third-order valence-electron chi connectivity index (χ3n) is 7.09. The molecule has 35 heavy (non-hydrogen) atoms. The van der Waals surface area contributed by atoms with E-state index in [1.807, 2.05) is 42.2 Å². The number of halogens is 3. The Bertz CT molecular complexity index is 1090. The minimum atomic E-state index is -4.60. The van der Waals surface area contributed by atoms with Gasteiger partial charge >= 0.3 is 12.2 Å². The molecule has 1 N–H and O–H groups in total. The maximum atomic E-state index is 13.5. The Hall–Kier alpha value is -3.25. The lowest BCUT2D eigenvalue weighted by Gasteiger charge is -2.44. The van der Waals surface area contributed by atoms with E-state index in [0.29, 0.717) is 58.0 Å². The van der Waals surface area contributed by atoms with Gasteiger partial charge in [0.15, 0.2) is 0 Å². The highest BCUT2D eigenvalue weighted by molar-refractivity contribution is 5.74. The number of piperidine rings is 1. The van der Waals surface area contributed by atoms with Crippen LogP contribution in [0.3, 0.4) is 0 Å². The number of rotatable bonds is 6. The third kappa shape index (κ3) is 5.38. The summed E-state index contributed by atoms with van der Waals surface area (Å²) in [6, 6.07) is 15.0. The maximum Gasteiger partial charge on any atom is 0.417 e. The molecule has 2 amide bonds. The summed E-state index contributed by atoms with van der Waals surface area (Å²) in [6.07, 6.45) is -3.90. The van der Waals surface area contributed by atoms with Crippen LogP contribution >= 0.6 is 0 Å². The standard InChI is InChI=1S/C26H29F3N4O2/c1-2-35-18-25-10-11-32(22-9-8-20(13-30)23(12-22)26(27,28)29)15-21(25)16-33(17-25)24(34)31-14-19-6-4-3-5-7-19/h3-9,12,21H,2,10-11,14-18H2,1H3,(H,31,34)/t21-,25+/m1/s1. The Balaban J connectivity index is 1.50. The highest BCUT2D eigenvalue weighted by Crippen LogP contribution is 2.45. The summed E-state index contributed by atoms with van der Waals surface area (Å²) in [5.41, 5.74) is -0.0962.